The van der Waals surface area contributed by atoms with E-state index in [1.807, 2.05) is 30.3 Å². The summed E-state index contributed by atoms with van der Waals surface area (Å²) in [5.41, 5.74) is 1.11. The van der Waals surface area contributed by atoms with Crippen LogP contribution in [-0.4, -0.2) is 41.8 Å². The Kier molecular flexibility index (Phi) is 6.39. The number of aromatic nitrogens is 2. The fraction of sp³-hybridized carbons (Fsp3) is 0.556. The predicted molar refractivity (Wildman–Crippen MR) is 96.9 cm³/mol. The zero-order valence-electron chi connectivity index (χ0n) is 15.0. The molecule has 8 heteroatoms. The van der Waals surface area contributed by atoms with Crippen molar-refractivity contribution in [2.24, 2.45) is 0 Å². The Morgan fingerprint density at radius 1 is 1.27 bits per heavy atom. The van der Waals surface area contributed by atoms with Crippen molar-refractivity contribution in [2.45, 2.75) is 45.3 Å². The van der Waals surface area contributed by atoms with E-state index in [0.717, 1.165) is 18.4 Å². The van der Waals surface area contributed by atoms with Crippen LogP contribution < -0.4 is 0 Å². The van der Waals surface area contributed by atoms with E-state index in [2.05, 4.69) is 10.1 Å². The summed E-state index contributed by atoms with van der Waals surface area (Å²) in [6.45, 7) is 3.19. The molecular weight excluding hydrogens is 354 g/mol. The minimum absolute atomic E-state index is 0.0812. The van der Waals surface area contributed by atoms with Gasteiger partial charge >= 0.3 is 0 Å². The molecule has 2 heterocycles. The van der Waals surface area contributed by atoms with Gasteiger partial charge in [-0.3, -0.25) is 0 Å². The molecule has 7 nitrogen and oxygen atoms in total. The van der Waals surface area contributed by atoms with Crippen molar-refractivity contribution in [1.29, 1.82) is 0 Å². The average Bonchev–Trinajstić information content (AvgIpc) is 3.15. The summed E-state index contributed by atoms with van der Waals surface area (Å²) >= 11 is 0. The van der Waals surface area contributed by atoms with Crippen LogP contribution in [0.3, 0.4) is 0 Å². The van der Waals surface area contributed by atoms with Crippen LogP contribution in [0.5, 0.6) is 0 Å². The predicted octanol–water partition coefficient (Wildman–Crippen LogP) is 2.71. The number of ether oxygens (including phenoxy) is 1. The molecule has 2 aromatic rings. The molecule has 1 saturated heterocycles. The highest BCUT2D eigenvalue weighted by molar-refractivity contribution is 7.89. The van der Waals surface area contributed by atoms with Gasteiger partial charge in [-0.05, 0) is 25.3 Å². The van der Waals surface area contributed by atoms with Gasteiger partial charge in [0.1, 0.15) is 6.04 Å². The molecule has 3 rings (SSSR count). The first-order valence-electron chi connectivity index (χ1n) is 9.04. The largest absolute Gasteiger partial charge is 0.376 e. The lowest BCUT2D eigenvalue weighted by Crippen LogP contribution is -2.39. The number of nitrogens with zero attached hydrogens (tertiary/aromatic N) is 3. The van der Waals surface area contributed by atoms with Gasteiger partial charge in [-0.15, -0.1) is 0 Å². The molecule has 1 fully saturated rings. The average molecular weight is 379 g/mol. The Morgan fingerprint density at radius 3 is 2.85 bits per heavy atom. The summed E-state index contributed by atoms with van der Waals surface area (Å²) in [4.78, 5) is 4.41. The molecule has 1 aliphatic heterocycles. The minimum atomic E-state index is -3.28. The van der Waals surface area contributed by atoms with Crippen molar-refractivity contribution >= 4 is 10.0 Å². The van der Waals surface area contributed by atoms with Gasteiger partial charge in [0, 0.05) is 13.0 Å². The van der Waals surface area contributed by atoms with Crippen LogP contribution in [0.25, 0.3) is 0 Å². The number of hydrogen-bond donors (Lipinski definition) is 0. The Morgan fingerprint density at radius 2 is 2.08 bits per heavy atom. The number of benzene rings is 1. The van der Waals surface area contributed by atoms with E-state index in [1.165, 1.54) is 4.31 Å². The van der Waals surface area contributed by atoms with Gasteiger partial charge < -0.3 is 9.26 Å². The van der Waals surface area contributed by atoms with Crippen molar-refractivity contribution in [3.63, 3.8) is 0 Å². The SMILES string of the molecule is CCS(=O)(=O)N1CCCCC1c1nc(CCOCc2ccccc2)no1. The van der Waals surface area contributed by atoms with Gasteiger partial charge in [0.05, 0.1) is 19.0 Å². The first-order valence-corrected chi connectivity index (χ1v) is 10.6. The molecule has 1 aliphatic rings. The second-order valence-electron chi connectivity index (χ2n) is 6.36. The lowest BCUT2D eigenvalue weighted by Gasteiger charge is -2.31. The molecule has 1 aromatic carbocycles. The normalized spacial score (nSPS) is 18.9. The molecule has 0 radical (unpaired) electrons. The number of sulfonamides is 1. The summed E-state index contributed by atoms with van der Waals surface area (Å²) in [6, 6.07) is 9.60. The third-order valence-corrected chi connectivity index (χ3v) is 6.41. The van der Waals surface area contributed by atoms with Crippen LogP contribution in [0.1, 0.15) is 49.5 Å². The summed E-state index contributed by atoms with van der Waals surface area (Å²) < 4.78 is 37.1. The van der Waals surface area contributed by atoms with Gasteiger partial charge in [0.15, 0.2) is 5.82 Å². The summed E-state index contributed by atoms with van der Waals surface area (Å²) in [6.07, 6.45) is 3.07. The van der Waals surface area contributed by atoms with Crippen molar-refractivity contribution in [3.8, 4) is 0 Å². The molecule has 26 heavy (non-hydrogen) atoms. The Bertz CT molecular complexity index is 792. The monoisotopic (exact) mass is 379 g/mol. The summed E-state index contributed by atoms with van der Waals surface area (Å²) in [7, 11) is -3.28. The topological polar surface area (TPSA) is 85.5 Å². The fourth-order valence-corrected chi connectivity index (χ4v) is 4.40. The minimum Gasteiger partial charge on any atom is -0.376 e. The molecule has 0 saturated carbocycles. The summed E-state index contributed by atoms with van der Waals surface area (Å²) in [5.74, 6) is 1.02. The molecule has 0 N–H and O–H groups in total. The molecule has 0 amide bonds. The molecular formula is C18H25N3O4S. The lowest BCUT2D eigenvalue weighted by atomic mass is 10.1. The molecule has 0 bridgehead atoms. The highest BCUT2D eigenvalue weighted by Gasteiger charge is 2.35. The Labute approximate surface area is 154 Å². The molecule has 1 aromatic heterocycles. The van der Waals surface area contributed by atoms with Crippen molar-refractivity contribution in [1.82, 2.24) is 14.4 Å². The zero-order valence-corrected chi connectivity index (χ0v) is 15.8. The smallest absolute Gasteiger partial charge is 0.245 e. The third kappa shape index (κ3) is 4.69. The van der Waals surface area contributed by atoms with Gasteiger partial charge in [-0.25, -0.2) is 8.42 Å². The van der Waals surface area contributed by atoms with Crippen LogP contribution >= 0.6 is 0 Å². The van der Waals surface area contributed by atoms with Gasteiger partial charge in [0.2, 0.25) is 15.9 Å². The standard InChI is InChI=1S/C18H25N3O4S/c1-2-26(22,23)21-12-7-6-10-16(21)18-19-17(20-25-18)11-13-24-14-15-8-4-3-5-9-15/h3-5,8-9,16H,2,6-7,10-14H2,1H3. The summed E-state index contributed by atoms with van der Waals surface area (Å²) in [5, 5.41) is 3.99. The van der Waals surface area contributed by atoms with Gasteiger partial charge in [-0.2, -0.15) is 9.29 Å². The van der Waals surface area contributed by atoms with Crippen molar-refractivity contribution in [3.05, 3.63) is 47.6 Å². The number of hydrogen-bond acceptors (Lipinski definition) is 6. The van der Waals surface area contributed by atoms with Crippen LogP contribution in [0, 0.1) is 0 Å². The van der Waals surface area contributed by atoms with E-state index >= 15 is 0 Å². The molecule has 1 unspecified atom stereocenters. The molecule has 0 aliphatic carbocycles. The molecule has 1 atom stereocenters. The van der Waals surface area contributed by atoms with Gasteiger partial charge in [-0.1, -0.05) is 41.9 Å². The lowest BCUT2D eigenvalue weighted by molar-refractivity contribution is 0.122. The van der Waals surface area contributed by atoms with Crippen LogP contribution in [0.4, 0.5) is 0 Å². The van der Waals surface area contributed by atoms with E-state index in [9.17, 15) is 8.42 Å². The van der Waals surface area contributed by atoms with E-state index < -0.39 is 10.0 Å². The van der Waals surface area contributed by atoms with Gasteiger partial charge in [0.25, 0.3) is 0 Å². The van der Waals surface area contributed by atoms with Crippen LogP contribution in [0.15, 0.2) is 34.9 Å². The van der Waals surface area contributed by atoms with Crippen molar-refractivity contribution < 1.29 is 17.7 Å². The van der Waals surface area contributed by atoms with Crippen LogP contribution in [-0.2, 0) is 27.8 Å². The highest BCUT2D eigenvalue weighted by atomic mass is 32.2. The fourth-order valence-electron chi connectivity index (χ4n) is 3.08. The number of piperidine rings is 1. The van der Waals surface area contributed by atoms with Crippen molar-refractivity contribution in [2.75, 3.05) is 18.9 Å². The van der Waals surface area contributed by atoms with E-state index in [1.54, 1.807) is 6.92 Å². The highest BCUT2D eigenvalue weighted by Crippen LogP contribution is 2.32. The molecule has 0 spiro atoms. The maximum Gasteiger partial charge on any atom is 0.245 e. The van der Waals surface area contributed by atoms with E-state index in [-0.39, 0.29) is 11.8 Å². The first kappa shape index (κ1) is 19.0. The van der Waals surface area contributed by atoms with E-state index in [0.29, 0.717) is 44.3 Å². The number of rotatable bonds is 8. The zero-order chi connectivity index (χ0) is 18.4. The first-order chi connectivity index (χ1) is 12.6. The Balaban J connectivity index is 1.56. The van der Waals surface area contributed by atoms with Crippen LogP contribution in [0.2, 0.25) is 0 Å². The Hall–Kier alpha value is -1.77. The third-order valence-electron chi connectivity index (χ3n) is 4.53. The maximum absolute atomic E-state index is 12.3. The van der Waals surface area contributed by atoms with E-state index in [4.69, 9.17) is 9.26 Å². The second-order valence-corrected chi connectivity index (χ2v) is 8.57. The molecule has 142 valence electrons. The quantitative estimate of drug-likeness (QED) is 0.656. The second kappa shape index (κ2) is 8.75. The maximum atomic E-state index is 12.3.